The summed E-state index contributed by atoms with van der Waals surface area (Å²) >= 11 is 0. The summed E-state index contributed by atoms with van der Waals surface area (Å²) in [5.74, 6) is -0.0226. The van der Waals surface area contributed by atoms with Gasteiger partial charge in [-0.25, -0.2) is 0 Å². The number of nitrogens with zero attached hydrogens (tertiary/aromatic N) is 1. The lowest BCUT2D eigenvalue weighted by Crippen LogP contribution is -2.43. The molecular formula is C24H39NO5. The lowest BCUT2D eigenvalue weighted by Gasteiger charge is -2.23. The molecule has 1 rings (SSSR count). The Kier molecular flexibility index (Phi) is 11.4. The summed E-state index contributed by atoms with van der Waals surface area (Å²) < 4.78 is 5.32. The van der Waals surface area contributed by atoms with E-state index in [1.165, 1.54) is 0 Å². The zero-order valence-corrected chi connectivity index (χ0v) is 19.2. The first-order valence-electron chi connectivity index (χ1n) is 11.5. The maximum atomic E-state index is 12.3. The van der Waals surface area contributed by atoms with Gasteiger partial charge in [-0.2, -0.15) is 0 Å². The number of phenolic OH excluding ortho intramolecular Hbond substituents is 1. The molecule has 1 aromatic carbocycles. The Bertz CT molecular complexity index is 659. The van der Waals surface area contributed by atoms with Crippen molar-refractivity contribution < 1.29 is 19.6 Å². The molecule has 0 heterocycles. The number of ether oxygens (including phenoxy) is 1. The van der Waals surface area contributed by atoms with E-state index in [0.29, 0.717) is 31.4 Å². The second kappa shape index (κ2) is 13.2. The van der Waals surface area contributed by atoms with Gasteiger partial charge in [0.2, 0.25) is 0 Å². The predicted molar refractivity (Wildman–Crippen MR) is 120 cm³/mol. The van der Waals surface area contributed by atoms with Crippen molar-refractivity contribution in [2.45, 2.75) is 104 Å². The summed E-state index contributed by atoms with van der Waals surface area (Å²) in [5, 5.41) is 22.1. The SMILES string of the molecule is CCCCc1cc(CCC(=O)OCC(CC)(CCC)[N+](=O)[O-])cc(CCCC)c1O. The molecule has 1 N–H and O–H groups in total. The quantitative estimate of drug-likeness (QED) is 0.220. The Morgan fingerprint density at radius 2 is 1.60 bits per heavy atom. The van der Waals surface area contributed by atoms with Gasteiger partial charge in [-0.1, -0.05) is 52.7 Å². The second-order valence-corrected chi connectivity index (χ2v) is 8.22. The van der Waals surface area contributed by atoms with Crippen LogP contribution in [0.3, 0.4) is 0 Å². The van der Waals surface area contributed by atoms with Crippen LogP contribution in [0.4, 0.5) is 0 Å². The summed E-state index contributed by atoms with van der Waals surface area (Å²) in [6, 6.07) is 3.97. The lowest BCUT2D eigenvalue weighted by atomic mass is 9.92. The first kappa shape index (κ1) is 25.9. The Balaban J connectivity index is 2.81. The third-order valence-corrected chi connectivity index (χ3v) is 5.81. The van der Waals surface area contributed by atoms with Gasteiger partial charge in [-0.3, -0.25) is 14.9 Å². The molecule has 6 heteroatoms. The Morgan fingerprint density at radius 3 is 2.03 bits per heavy atom. The number of rotatable bonds is 15. The Hall–Kier alpha value is -2.11. The minimum absolute atomic E-state index is 0.175. The third kappa shape index (κ3) is 7.62. The molecule has 0 fully saturated rings. The van der Waals surface area contributed by atoms with E-state index >= 15 is 0 Å². The number of esters is 1. The van der Waals surface area contributed by atoms with E-state index in [4.69, 9.17) is 4.74 Å². The first-order valence-corrected chi connectivity index (χ1v) is 11.5. The van der Waals surface area contributed by atoms with Crippen LogP contribution in [0.15, 0.2) is 12.1 Å². The molecule has 170 valence electrons. The normalized spacial score (nSPS) is 13.1. The average Bonchev–Trinajstić information content (AvgIpc) is 2.73. The van der Waals surface area contributed by atoms with Crippen LogP contribution >= 0.6 is 0 Å². The Morgan fingerprint density at radius 1 is 1.03 bits per heavy atom. The second-order valence-electron chi connectivity index (χ2n) is 8.22. The minimum Gasteiger partial charge on any atom is -0.507 e. The van der Waals surface area contributed by atoms with Crippen LogP contribution < -0.4 is 0 Å². The third-order valence-electron chi connectivity index (χ3n) is 5.81. The van der Waals surface area contributed by atoms with Gasteiger partial charge < -0.3 is 9.84 Å². The molecule has 0 amide bonds. The molecule has 0 bridgehead atoms. The van der Waals surface area contributed by atoms with Gasteiger partial charge in [0.15, 0.2) is 6.61 Å². The van der Waals surface area contributed by atoms with Gasteiger partial charge in [0.1, 0.15) is 5.75 Å². The molecule has 0 aliphatic rings. The van der Waals surface area contributed by atoms with Crippen LogP contribution in [0.1, 0.15) is 95.8 Å². The van der Waals surface area contributed by atoms with Crippen LogP contribution in [0, 0.1) is 10.1 Å². The van der Waals surface area contributed by atoms with E-state index in [0.717, 1.165) is 55.2 Å². The highest BCUT2D eigenvalue weighted by Gasteiger charge is 2.41. The summed E-state index contributed by atoms with van der Waals surface area (Å²) in [5.41, 5.74) is 1.70. The fourth-order valence-electron chi connectivity index (χ4n) is 3.71. The van der Waals surface area contributed by atoms with Crippen molar-refractivity contribution in [3.63, 3.8) is 0 Å². The molecule has 6 nitrogen and oxygen atoms in total. The van der Waals surface area contributed by atoms with E-state index in [1.807, 2.05) is 19.1 Å². The lowest BCUT2D eigenvalue weighted by molar-refractivity contribution is -0.575. The number of hydrogen-bond donors (Lipinski definition) is 1. The fraction of sp³-hybridized carbons (Fsp3) is 0.708. The highest BCUT2D eigenvalue weighted by Crippen LogP contribution is 2.28. The van der Waals surface area contributed by atoms with Crippen molar-refractivity contribution >= 4 is 5.97 Å². The number of hydrogen-bond acceptors (Lipinski definition) is 5. The molecule has 0 saturated carbocycles. The van der Waals surface area contributed by atoms with Gasteiger partial charge in [0.25, 0.3) is 5.54 Å². The molecule has 0 saturated heterocycles. The zero-order chi connectivity index (χ0) is 22.6. The standard InChI is InChI=1S/C24H39NO5/c1-5-9-11-20-16-19(17-21(23(20)27)12-10-6-2)13-14-22(26)30-18-24(8-4,15-7-3)25(28)29/h16-17,27H,5-15,18H2,1-4H3. The van der Waals surface area contributed by atoms with Crippen molar-refractivity contribution in [2.24, 2.45) is 0 Å². The molecule has 0 aromatic heterocycles. The van der Waals surface area contributed by atoms with Crippen LogP contribution in [-0.2, 0) is 28.8 Å². The summed E-state index contributed by atoms with van der Waals surface area (Å²) in [4.78, 5) is 23.5. The van der Waals surface area contributed by atoms with Crippen LogP contribution in [0.25, 0.3) is 0 Å². The largest absolute Gasteiger partial charge is 0.507 e. The number of aryl methyl sites for hydroxylation is 3. The van der Waals surface area contributed by atoms with Crippen molar-refractivity contribution in [3.05, 3.63) is 38.9 Å². The van der Waals surface area contributed by atoms with Crippen LogP contribution in [0.2, 0.25) is 0 Å². The predicted octanol–water partition coefficient (Wildman–Crippen LogP) is 5.78. The molecule has 0 radical (unpaired) electrons. The average molecular weight is 422 g/mol. The van der Waals surface area contributed by atoms with E-state index in [9.17, 15) is 20.0 Å². The Labute approximate surface area is 181 Å². The zero-order valence-electron chi connectivity index (χ0n) is 19.2. The highest BCUT2D eigenvalue weighted by atomic mass is 16.6. The van der Waals surface area contributed by atoms with Crippen LogP contribution in [-0.4, -0.2) is 28.1 Å². The number of aromatic hydroxyl groups is 1. The molecule has 1 atom stereocenters. The maximum absolute atomic E-state index is 12.3. The molecule has 1 aromatic rings. The highest BCUT2D eigenvalue weighted by molar-refractivity contribution is 5.69. The van der Waals surface area contributed by atoms with E-state index in [1.54, 1.807) is 6.92 Å². The van der Waals surface area contributed by atoms with Gasteiger partial charge in [0.05, 0.1) is 0 Å². The van der Waals surface area contributed by atoms with Crippen molar-refractivity contribution in [2.75, 3.05) is 6.61 Å². The number of carbonyl (C=O) groups excluding carboxylic acids is 1. The van der Waals surface area contributed by atoms with E-state index < -0.39 is 11.5 Å². The molecule has 1 unspecified atom stereocenters. The van der Waals surface area contributed by atoms with Crippen LogP contribution in [0.5, 0.6) is 5.75 Å². The molecular weight excluding hydrogens is 382 g/mol. The van der Waals surface area contributed by atoms with Gasteiger partial charge in [-0.05, 0) is 55.2 Å². The van der Waals surface area contributed by atoms with Gasteiger partial charge >= 0.3 is 5.97 Å². The molecule has 0 spiro atoms. The van der Waals surface area contributed by atoms with Gasteiger partial charge in [0, 0.05) is 24.2 Å². The summed E-state index contributed by atoms with van der Waals surface area (Å²) in [6.45, 7) is 7.72. The fourth-order valence-corrected chi connectivity index (χ4v) is 3.71. The number of benzene rings is 1. The topological polar surface area (TPSA) is 89.7 Å². The summed E-state index contributed by atoms with van der Waals surface area (Å²) in [6.07, 6.45) is 7.81. The maximum Gasteiger partial charge on any atom is 0.306 e. The van der Waals surface area contributed by atoms with E-state index in [2.05, 4.69) is 13.8 Å². The summed E-state index contributed by atoms with van der Waals surface area (Å²) in [7, 11) is 0. The molecule has 0 aliphatic carbocycles. The number of nitro groups is 1. The molecule has 30 heavy (non-hydrogen) atoms. The van der Waals surface area contributed by atoms with Gasteiger partial charge in [-0.15, -0.1) is 0 Å². The number of unbranched alkanes of at least 4 members (excludes halogenated alkanes) is 2. The minimum atomic E-state index is -1.19. The monoisotopic (exact) mass is 421 g/mol. The van der Waals surface area contributed by atoms with Crippen molar-refractivity contribution in [1.82, 2.24) is 0 Å². The van der Waals surface area contributed by atoms with Crippen molar-refractivity contribution in [1.29, 1.82) is 0 Å². The first-order chi connectivity index (χ1) is 14.3. The van der Waals surface area contributed by atoms with Crippen molar-refractivity contribution in [3.8, 4) is 5.75 Å². The smallest absolute Gasteiger partial charge is 0.306 e. The number of carbonyl (C=O) groups is 1. The molecule has 0 aliphatic heterocycles. The van der Waals surface area contributed by atoms with E-state index in [-0.39, 0.29) is 18.0 Å². The number of phenols is 1.